The van der Waals surface area contributed by atoms with Crippen molar-refractivity contribution in [3.8, 4) is 0 Å². The van der Waals surface area contributed by atoms with E-state index in [0.29, 0.717) is 0 Å². The Morgan fingerprint density at radius 2 is 1.92 bits per heavy atom. The molecular formula is C20H31NO3. The van der Waals surface area contributed by atoms with Gasteiger partial charge in [0.1, 0.15) is 12.4 Å². The molecule has 0 aromatic heterocycles. The molecule has 0 radical (unpaired) electrons. The lowest BCUT2D eigenvalue weighted by atomic mass is 9.77. The molecule has 0 saturated carbocycles. The van der Waals surface area contributed by atoms with Crippen LogP contribution < -0.4 is 0 Å². The molecule has 1 unspecified atom stereocenters. The van der Waals surface area contributed by atoms with Crippen LogP contribution in [0.5, 0.6) is 0 Å². The van der Waals surface area contributed by atoms with E-state index in [1.165, 1.54) is 11.1 Å². The number of rotatable bonds is 4. The highest BCUT2D eigenvalue weighted by Crippen LogP contribution is 2.43. The largest absolute Gasteiger partial charge is 0.444 e. The van der Waals surface area contributed by atoms with Crippen LogP contribution in [-0.4, -0.2) is 37.0 Å². The summed E-state index contributed by atoms with van der Waals surface area (Å²) in [5, 5.41) is 0. The average molecular weight is 333 g/mol. The molecule has 0 heterocycles. The van der Waals surface area contributed by atoms with Gasteiger partial charge in [0.2, 0.25) is 0 Å². The Morgan fingerprint density at radius 1 is 1.29 bits per heavy atom. The number of benzene rings is 1. The van der Waals surface area contributed by atoms with Crippen molar-refractivity contribution in [3.05, 3.63) is 35.4 Å². The normalized spacial score (nSPS) is 19.0. The maximum atomic E-state index is 12.3. The first kappa shape index (κ1) is 20.2. The first-order valence-electron chi connectivity index (χ1n) is 8.59. The zero-order valence-corrected chi connectivity index (χ0v) is 15.7. The molecule has 4 nitrogen and oxygen atoms in total. The molecule has 24 heavy (non-hydrogen) atoms. The lowest BCUT2D eigenvalue weighted by Crippen LogP contribution is -2.43. The molecule has 1 aliphatic carbocycles. The van der Waals surface area contributed by atoms with Crippen molar-refractivity contribution in [2.45, 2.75) is 64.4 Å². The zero-order chi connectivity index (χ0) is 18.4. The van der Waals surface area contributed by atoms with Crippen LogP contribution in [0.1, 0.15) is 58.1 Å². The Bertz CT molecular complexity index is 546. The number of aryl methyl sites for hydroxylation is 1. The quantitative estimate of drug-likeness (QED) is 0.823. The molecule has 1 amide bonds. The van der Waals surface area contributed by atoms with Crippen LogP contribution in [0.3, 0.4) is 0 Å². The molecule has 1 aromatic carbocycles. The monoisotopic (exact) mass is 333 g/mol. The van der Waals surface area contributed by atoms with Crippen LogP contribution in [0, 0.1) is 0 Å². The van der Waals surface area contributed by atoms with Gasteiger partial charge in [-0.05, 0) is 51.2 Å². The molecule has 0 saturated heterocycles. The van der Waals surface area contributed by atoms with E-state index in [9.17, 15) is 4.79 Å². The van der Waals surface area contributed by atoms with Gasteiger partial charge in [-0.25, -0.2) is 4.79 Å². The van der Waals surface area contributed by atoms with Crippen LogP contribution in [0.4, 0.5) is 4.79 Å². The maximum Gasteiger partial charge on any atom is 0.410 e. The summed E-state index contributed by atoms with van der Waals surface area (Å²) in [5.41, 5.74) is 2.49. The lowest BCUT2D eigenvalue weighted by Gasteiger charge is -2.35. The van der Waals surface area contributed by atoms with Crippen LogP contribution >= 0.6 is 0 Å². The van der Waals surface area contributed by atoms with E-state index in [2.05, 4.69) is 31.2 Å². The highest BCUT2D eigenvalue weighted by molar-refractivity contribution is 5.68. The number of nitrogens with zero attached hydrogens (tertiary/aromatic N) is 1. The van der Waals surface area contributed by atoms with Gasteiger partial charge < -0.3 is 14.4 Å². The van der Waals surface area contributed by atoms with Crippen LogP contribution in [0.15, 0.2) is 24.3 Å². The fraction of sp³-hybridized carbons (Fsp3) is 0.600. The van der Waals surface area contributed by atoms with Crippen molar-refractivity contribution in [2.75, 3.05) is 13.6 Å². The van der Waals surface area contributed by atoms with Crippen molar-refractivity contribution in [2.24, 2.45) is 0 Å². The smallest absolute Gasteiger partial charge is 0.410 e. The van der Waals surface area contributed by atoms with Crippen molar-refractivity contribution < 1.29 is 14.3 Å². The molecule has 0 N–H and O–H groups in total. The molecule has 1 atom stereocenters. The van der Waals surface area contributed by atoms with Gasteiger partial charge in [-0.15, -0.1) is 0 Å². The van der Waals surface area contributed by atoms with Gasteiger partial charge in [0.15, 0.2) is 0 Å². The zero-order valence-electron chi connectivity index (χ0n) is 15.7. The second-order valence-corrected chi connectivity index (χ2v) is 7.52. The second kappa shape index (κ2) is 8.32. The van der Waals surface area contributed by atoms with Gasteiger partial charge in [-0.2, -0.15) is 0 Å². The van der Waals surface area contributed by atoms with Crippen molar-refractivity contribution in [1.82, 2.24) is 4.90 Å². The Kier molecular flexibility index (Phi) is 7.00. The Hall–Kier alpha value is -1.84. The van der Waals surface area contributed by atoms with Crippen molar-refractivity contribution in [3.63, 3.8) is 0 Å². The number of hydrogen-bond donors (Lipinski definition) is 0. The highest BCUT2D eigenvalue weighted by Gasteiger charge is 2.39. The number of carbonyl (C=O) groups excluding carboxylic acids is 2. The van der Waals surface area contributed by atoms with Gasteiger partial charge >= 0.3 is 6.09 Å². The Balaban J connectivity index is 0.00000139. The topological polar surface area (TPSA) is 46.6 Å². The Morgan fingerprint density at radius 3 is 2.50 bits per heavy atom. The number of ether oxygens (including phenoxy) is 1. The molecule has 1 aromatic rings. The summed E-state index contributed by atoms with van der Waals surface area (Å²) in [7, 11) is 1.85. The minimum absolute atomic E-state index is 0.0804. The maximum absolute atomic E-state index is 12.3. The molecule has 0 bridgehead atoms. The summed E-state index contributed by atoms with van der Waals surface area (Å²) in [6, 6.07) is 8.68. The van der Waals surface area contributed by atoms with Gasteiger partial charge in [-0.1, -0.05) is 37.6 Å². The SMILES string of the molecule is C=O.CCCC1(CN(C)C(=O)OC(C)(C)C)CCc2ccccc21. The molecular weight excluding hydrogens is 302 g/mol. The molecule has 134 valence electrons. The highest BCUT2D eigenvalue weighted by atomic mass is 16.6. The van der Waals surface area contributed by atoms with E-state index in [0.717, 1.165) is 32.2 Å². The van der Waals surface area contributed by atoms with Crippen molar-refractivity contribution in [1.29, 1.82) is 0 Å². The van der Waals surface area contributed by atoms with E-state index >= 15 is 0 Å². The predicted molar refractivity (Wildman–Crippen MR) is 97.3 cm³/mol. The van der Waals surface area contributed by atoms with Crippen molar-refractivity contribution >= 4 is 12.9 Å². The molecule has 0 spiro atoms. The minimum Gasteiger partial charge on any atom is -0.444 e. The van der Waals surface area contributed by atoms with E-state index in [-0.39, 0.29) is 11.5 Å². The third kappa shape index (κ3) is 4.83. The molecule has 0 aliphatic heterocycles. The minimum atomic E-state index is -0.448. The van der Waals surface area contributed by atoms with E-state index in [1.54, 1.807) is 4.90 Å². The van der Waals surface area contributed by atoms with Crippen LogP contribution in [0.25, 0.3) is 0 Å². The third-order valence-corrected chi connectivity index (χ3v) is 4.44. The summed E-state index contributed by atoms with van der Waals surface area (Å²) < 4.78 is 5.51. The first-order valence-corrected chi connectivity index (χ1v) is 8.59. The van der Waals surface area contributed by atoms with Crippen LogP contribution in [-0.2, 0) is 21.4 Å². The predicted octanol–water partition coefficient (Wildman–Crippen LogP) is 4.35. The van der Waals surface area contributed by atoms with E-state index in [1.807, 2.05) is 34.6 Å². The summed E-state index contributed by atoms with van der Waals surface area (Å²) in [6.45, 7) is 10.7. The van der Waals surface area contributed by atoms with E-state index in [4.69, 9.17) is 9.53 Å². The first-order chi connectivity index (χ1) is 11.3. The van der Waals surface area contributed by atoms with Gasteiger partial charge in [0.05, 0.1) is 0 Å². The van der Waals surface area contributed by atoms with Crippen LogP contribution in [0.2, 0.25) is 0 Å². The average Bonchev–Trinajstić information content (AvgIpc) is 2.87. The molecule has 0 fully saturated rings. The summed E-state index contributed by atoms with van der Waals surface area (Å²) in [6.07, 6.45) is 4.23. The number of fused-ring (bicyclic) bond motifs is 1. The third-order valence-electron chi connectivity index (χ3n) is 4.44. The summed E-state index contributed by atoms with van der Waals surface area (Å²) >= 11 is 0. The standard InChI is InChI=1S/C19H29NO2.CH2O/c1-6-12-19(13-11-15-9-7-8-10-16(15)19)14-20(5)17(21)22-18(2,3)4;1-2/h7-10H,6,11-14H2,1-5H3;1H2. The van der Waals surface area contributed by atoms with E-state index < -0.39 is 5.60 Å². The number of likely N-dealkylation sites (N-methyl/N-ethyl adjacent to an activating group) is 1. The molecule has 4 heteroatoms. The number of amides is 1. The van der Waals surface area contributed by atoms with Gasteiger partial charge in [0.25, 0.3) is 0 Å². The summed E-state index contributed by atoms with van der Waals surface area (Å²) in [5.74, 6) is 0. The molecule has 1 aliphatic rings. The van der Waals surface area contributed by atoms with Gasteiger partial charge in [0, 0.05) is 19.0 Å². The summed E-state index contributed by atoms with van der Waals surface area (Å²) in [4.78, 5) is 22.1. The van der Waals surface area contributed by atoms with Gasteiger partial charge in [-0.3, -0.25) is 0 Å². The fourth-order valence-corrected chi connectivity index (χ4v) is 3.60. The second-order valence-electron chi connectivity index (χ2n) is 7.52. The number of hydrogen-bond acceptors (Lipinski definition) is 3. The fourth-order valence-electron chi connectivity index (χ4n) is 3.60. The lowest BCUT2D eigenvalue weighted by molar-refractivity contribution is -0.0980. The molecule has 2 rings (SSSR count). The number of carbonyl (C=O) groups is 2. The Labute approximate surface area is 146 Å².